The van der Waals surface area contributed by atoms with E-state index < -0.39 is 0 Å². The summed E-state index contributed by atoms with van der Waals surface area (Å²) in [7, 11) is 0. The molecule has 0 aliphatic heterocycles. The Morgan fingerprint density at radius 1 is 1.90 bits per heavy atom. The number of nitrogens with zero attached hydrogens (tertiary/aromatic N) is 1. The highest BCUT2D eigenvalue weighted by atomic mass is 35.5. The minimum absolute atomic E-state index is 0.600. The van der Waals surface area contributed by atoms with E-state index in [4.69, 9.17) is 16.0 Å². The second-order valence-electron chi connectivity index (χ2n) is 1.60. The van der Waals surface area contributed by atoms with Gasteiger partial charge in [-0.2, -0.15) is 0 Å². The first-order valence-electron chi connectivity index (χ1n) is 2.64. The number of thioether (sulfide) groups is 1. The number of hydrogen-bond acceptors (Lipinski definition) is 3. The molecule has 0 aliphatic rings. The lowest BCUT2D eigenvalue weighted by molar-refractivity contribution is 0.454. The predicted octanol–water partition coefficient (Wildman–Crippen LogP) is 2.52. The lowest BCUT2D eigenvalue weighted by Gasteiger charge is -1.90. The molecule has 0 N–H and O–H groups in total. The molecule has 0 aliphatic carbocycles. The van der Waals surface area contributed by atoms with Crippen LogP contribution in [0.2, 0.25) is 0 Å². The Labute approximate surface area is 68.3 Å². The van der Waals surface area contributed by atoms with Gasteiger partial charge in [0.2, 0.25) is 0 Å². The van der Waals surface area contributed by atoms with Gasteiger partial charge in [-0.1, -0.05) is 29.9 Å². The van der Waals surface area contributed by atoms with Crippen LogP contribution >= 0.6 is 23.4 Å². The van der Waals surface area contributed by atoms with Crippen molar-refractivity contribution in [1.29, 1.82) is 0 Å². The van der Waals surface area contributed by atoms with E-state index in [1.165, 1.54) is 18.0 Å². The number of oxazole rings is 1. The molecule has 2 nitrogen and oxygen atoms in total. The Balaban J connectivity index is 2.35. The molecule has 4 heteroatoms. The molecule has 54 valence electrons. The fraction of sp³-hybridized carbons (Fsp3) is 0.167. The second kappa shape index (κ2) is 3.68. The Kier molecular flexibility index (Phi) is 2.83. The van der Waals surface area contributed by atoms with Gasteiger partial charge in [0.05, 0.1) is 6.20 Å². The summed E-state index contributed by atoms with van der Waals surface area (Å²) in [6.07, 6.45) is 3.12. The Hall–Kier alpha value is -0.410. The van der Waals surface area contributed by atoms with Crippen molar-refractivity contribution in [3.05, 3.63) is 24.1 Å². The minimum Gasteiger partial charge on any atom is -0.440 e. The van der Waals surface area contributed by atoms with Crippen LogP contribution < -0.4 is 0 Å². The maximum absolute atomic E-state index is 5.51. The fourth-order valence-electron chi connectivity index (χ4n) is 0.422. The first-order chi connectivity index (χ1) is 4.79. The van der Waals surface area contributed by atoms with E-state index in [-0.39, 0.29) is 0 Å². The van der Waals surface area contributed by atoms with E-state index in [0.29, 0.717) is 16.0 Å². The van der Waals surface area contributed by atoms with Gasteiger partial charge in [-0.25, -0.2) is 4.98 Å². The molecule has 0 atom stereocenters. The zero-order valence-electron chi connectivity index (χ0n) is 5.21. The summed E-state index contributed by atoms with van der Waals surface area (Å²) in [5.74, 6) is 0.641. The second-order valence-corrected chi connectivity index (χ2v) is 3.07. The van der Waals surface area contributed by atoms with Crippen molar-refractivity contribution in [1.82, 2.24) is 4.98 Å². The van der Waals surface area contributed by atoms with Crippen LogP contribution in [0.1, 0.15) is 0 Å². The van der Waals surface area contributed by atoms with E-state index in [0.717, 1.165) is 0 Å². The molecule has 1 heterocycles. The largest absolute Gasteiger partial charge is 0.440 e. The van der Waals surface area contributed by atoms with E-state index in [1.54, 1.807) is 6.20 Å². The van der Waals surface area contributed by atoms with Gasteiger partial charge in [0.1, 0.15) is 6.26 Å². The van der Waals surface area contributed by atoms with Gasteiger partial charge in [-0.3, -0.25) is 0 Å². The Morgan fingerprint density at radius 2 is 2.70 bits per heavy atom. The molecule has 1 aromatic rings. The molecule has 1 aromatic heterocycles. The van der Waals surface area contributed by atoms with Crippen molar-refractivity contribution >= 4 is 23.4 Å². The van der Waals surface area contributed by atoms with Crippen molar-refractivity contribution in [3.8, 4) is 0 Å². The summed E-state index contributed by atoms with van der Waals surface area (Å²) < 4.78 is 4.94. The molecule has 0 aromatic carbocycles. The third-order valence-corrected chi connectivity index (χ3v) is 2.00. The van der Waals surface area contributed by atoms with Crippen molar-refractivity contribution in [2.24, 2.45) is 0 Å². The highest BCUT2D eigenvalue weighted by Crippen LogP contribution is 2.18. The molecule has 0 unspecified atom stereocenters. The average molecular weight is 176 g/mol. The Bertz CT molecular complexity index is 210. The monoisotopic (exact) mass is 175 g/mol. The van der Waals surface area contributed by atoms with Gasteiger partial charge in [0.15, 0.2) is 0 Å². The molecule has 10 heavy (non-hydrogen) atoms. The molecule has 1 rings (SSSR count). The van der Waals surface area contributed by atoms with Gasteiger partial charge >= 0.3 is 0 Å². The van der Waals surface area contributed by atoms with Gasteiger partial charge in [0, 0.05) is 10.8 Å². The molecule has 0 spiro atoms. The van der Waals surface area contributed by atoms with Crippen molar-refractivity contribution in [3.63, 3.8) is 0 Å². The molecular formula is C6H6ClNOS. The topological polar surface area (TPSA) is 26.0 Å². The highest BCUT2D eigenvalue weighted by Gasteiger charge is 1.97. The molecule has 0 amide bonds. The van der Waals surface area contributed by atoms with Crippen LogP contribution in [0.5, 0.6) is 0 Å². The molecule has 0 saturated carbocycles. The van der Waals surface area contributed by atoms with Crippen LogP contribution in [0.4, 0.5) is 0 Å². The van der Waals surface area contributed by atoms with Crippen molar-refractivity contribution < 1.29 is 4.42 Å². The van der Waals surface area contributed by atoms with Crippen LogP contribution in [-0.4, -0.2) is 10.7 Å². The molecule has 0 bridgehead atoms. The normalized spacial score (nSPS) is 9.70. The van der Waals surface area contributed by atoms with Gasteiger partial charge in [-0.15, -0.1) is 0 Å². The molecular weight excluding hydrogens is 170 g/mol. The van der Waals surface area contributed by atoms with Crippen molar-refractivity contribution in [2.45, 2.75) is 5.22 Å². The molecule has 0 saturated heterocycles. The van der Waals surface area contributed by atoms with Crippen molar-refractivity contribution in [2.75, 3.05) is 5.75 Å². The summed E-state index contributed by atoms with van der Waals surface area (Å²) in [6, 6.07) is 0. The van der Waals surface area contributed by atoms with E-state index in [2.05, 4.69) is 11.6 Å². The zero-order chi connectivity index (χ0) is 7.40. The quantitative estimate of drug-likeness (QED) is 0.661. The molecule has 0 fully saturated rings. The summed E-state index contributed by atoms with van der Waals surface area (Å²) in [5.41, 5.74) is 0. The zero-order valence-corrected chi connectivity index (χ0v) is 6.78. The van der Waals surface area contributed by atoms with Gasteiger partial charge in [-0.05, 0) is 0 Å². The van der Waals surface area contributed by atoms with E-state index in [9.17, 15) is 0 Å². The Morgan fingerprint density at radius 3 is 3.20 bits per heavy atom. The van der Waals surface area contributed by atoms with E-state index >= 15 is 0 Å². The number of aromatic nitrogens is 1. The number of rotatable bonds is 3. The van der Waals surface area contributed by atoms with Crippen LogP contribution in [-0.2, 0) is 0 Å². The van der Waals surface area contributed by atoms with Crippen LogP contribution in [0.3, 0.4) is 0 Å². The number of hydrogen-bond donors (Lipinski definition) is 0. The standard InChI is InChI=1S/C6H6ClNOS/c1-5(7)4-10-6-8-2-3-9-6/h2-3H,1,4H2. The smallest absolute Gasteiger partial charge is 0.255 e. The minimum atomic E-state index is 0.600. The number of halogens is 1. The van der Waals surface area contributed by atoms with Gasteiger partial charge < -0.3 is 4.42 Å². The first kappa shape index (κ1) is 7.69. The average Bonchev–Trinajstić information content (AvgIpc) is 2.34. The third-order valence-electron chi connectivity index (χ3n) is 0.762. The van der Waals surface area contributed by atoms with Crippen LogP contribution in [0.25, 0.3) is 0 Å². The predicted molar refractivity (Wildman–Crippen MR) is 42.2 cm³/mol. The first-order valence-corrected chi connectivity index (χ1v) is 4.01. The summed E-state index contributed by atoms with van der Waals surface area (Å²) in [4.78, 5) is 3.88. The maximum Gasteiger partial charge on any atom is 0.255 e. The van der Waals surface area contributed by atoms with Gasteiger partial charge in [0.25, 0.3) is 5.22 Å². The summed E-state index contributed by atoms with van der Waals surface area (Å²) >= 11 is 6.94. The van der Waals surface area contributed by atoms with E-state index in [1.807, 2.05) is 0 Å². The lowest BCUT2D eigenvalue weighted by Crippen LogP contribution is -1.75. The SMILES string of the molecule is C=C(Cl)CSc1ncco1. The highest BCUT2D eigenvalue weighted by molar-refractivity contribution is 7.99. The summed E-state index contributed by atoms with van der Waals surface area (Å²) in [6.45, 7) is 3.53. The fourth-order valence-corrected chi connectivity index (χ4v) is 1.12. The maximum atomic E-state index is 5.51. The van der Waals surface area contributed by atoms with Crippen LogP contribution in [0.15, 0.2) is 33.7 Å². The lowest BCUT2D eigenvalue weighted by atomic mass is 10.7. The third kappa shape index (κ3) is 2.45. The molecule has 0 radical (unpaired) electrons. The summed E-state index contributed by atoms with van der Waals surface area (Å²) in [5, 5.41) is 1.23. The van der Waals surface area contributed by atoms with Crippen LogP contribution in [0, 0.1) is 0 Å².